The first-order valence-corrected chi connectivity index (χ1v) is 12.3. The summed E-state index contributed by atoms with van der Waals surface area (Å²) in [6.45, 7) is 4.93. The van der Waals surface area contributed by atoms with Crippen molar-refractivity contribution in [1.29, 1.82) is 0 Å². The van der Waals surface area contributed by atoms with E-state index in [-0.39, 0.29) is 17.7 Å². The van der Waals surface area contributed by atoms with Crippen molar-refractivity contribution in [2.24, 2.45) is 4.99 Å². The Bertz CT molecular complexity index is 1570. The Kier molecular flexibility index (Phi) is 7.58. The minimum Gasteiger partial charge on any atom is -0.493 e. The van der Waals surface area contributed by atoms with E-state index < -0.39 is 18.0 Å². The third kappa shape index (κ3) is 5.19. The standard InChI is InChI=1S/C27H26N2O7S/c1-6-35-26(32)23-15(2)28-27-29(24(23)18-8-10-19(11-9-18)36-16(3)30)25(31)22(37-27)14-17-7-12-20(33-4)21(13-17)34-5/h7-14,24H,6H2,1-5H3/b22-14+/t24-/m0/s1. The van der Waals surface area contributed by atoms with Crippen molar-refractivity contribution in [3.63, 3.8) is 0 Å². The van der Waals surface area contributed by atoms with Crippen LogP contribution in [0, 0.1) is 0 Å². The molecule has 0 amide bonds. The molecule has 0 spiro atoms. The summed E-state index contributed by atoms with van der Waals surface area (Å²) in [6, 6.07) is 11.3. The number of methoxy groups -OCH3 is 2. The second-order valence-corrected chi connectivity index (χ2v) is 9.09. The van der Waals surface area contributed by atoms with E-state index in [1.54, 1.807) is 70.5 Å². The summed E-state index contributed by atoms with van der Waals surface area (Å²) in [5, 5.41) is 0. The zero-order valence-electron chi connectivity index (χ0n) is 21.1. The highest BCUT2D eigenvalue weighted by atomic mass is 32.1. The monoisotopic (exact) mass is 522 g/mol. The van der Waals surface area contributed by atoms with E-state index >= 15 is 0 Å². The number of hydrogen-bond acceptors (Lipinski definition) is 9. The lowest BCUT2D eigenvalue weighted by atomic mass is 9.96. The molecule has 9 nitrogen and oxygen atoms in total. The highest BCUT2D eigenvalue weighted by molar-refractivity contribution is 7.07. The van der Waals surface area contributed by atoms with Crippen LogP contribution >= 0.6 is 11.3 Å². The molecule has 4 rings (SSSR count). The molecule has 10 heteroatoms. The van der Waals surface area contributed by atoms with E-state index in [0.717, 1.165) is 5.56 Å². The third-order valence-electron chi connectivity index (χ3n) is 5.68. The van der Waals surface area contributed by atoms with E-state index in [4.69, 9.17) is 18.9 Å². The first-order valence-electron chi connectivity index (χ1n) is 11.5. The van der Waals surface area contributed by atoms with Crippen molar-refractivity contribution in [3.05, 3.63) is 84.5 Å². The molecule has 0 fully saturated rings. The quantitative estimate of drug-likeness (QED) is 0.347. The van der Waals surface area contributed by atoms with Crippen molar-refractivity contribution in [2.75, 3.05) is 20.8 Å². The summed E-state index contributed by atoms with van der Waals surface area (Å²) in [5.41, 5.74) is 1.82. The lowest BCUT2D eigenvalue weighted by Gasteiger charge is -2.24. The minimum atomic E-state index is -0.769. The van der Waals surface area contributed by atoms with Crippen LogP contribution in [0.15, 0.2) is 63.5 Å². The number of allylic oxidation sites excluding steroid dienone is 1. The number of hydrogen-bond donors (Lipinski definition) is 0. The molecule has 192 valence electrons. The molecule has 0 aliphatic carbocycles. The highest BCUT2D eigenvalue weighted by Gasteiger charge is 2.33. The second-order valence-electron chi connectivity index (χ2n) is 8.08. The maximum atomic E-state index is 13.7. The predicted molar refractivity (Wildman–Crippen MR) is 138 cm³/mol. The summed E-state index contributed by atoms with van der Waals surface area (Å²) < 4.78 is 23.1. The lowest BCUT2D eigenvalue weighted by molar-refractivity contribution is -0.139. The Hall–Kier alpha value is -4.18. The van der Waals surface area contributed by atoms with Gasteiger partial charge >= 0.3 is 11.9 Å². The lowest BCUT2D eigenvalue weighted by Crippen LogP contribution is -2.39. The van der Waals surface area contributed by atoms with Gasteiger partial charge in [0.05, 0.1) is 42.7 Å². The highest BCUT2D eigenvalue weighted by Crippen LogP contribution is 2.32. The van der Waals surface area contributed by atoms with Crippen molar-refractivity contribution < 1.29 is 28.5 Å². The number of rotatable bonds is 7. The molecule has 1 aliphatic heterocycles. The van der Waals surface area contributed by atoms with Gasteiger partial charge in [-0.1, -0.05) is 29.5 Å². The van der Waals surface area contributed by atoms with Crippen LogP contribution in [0.2, 0.25) is 0 Å². The summed E-state index contributed by atoms with van der Waals surface area (Å²) in [4.78, 5) is 43.1. The fourth-order valence-corrected chi connectivity index (χ4v) is 5.13. The van der Waals surface area contributed by atoms with Crippen LogP contribution in [0.1, 0.15) is 37.9 Å². The molecule has 2 heterocycles. The first kappa shape index (κ1) is 25.9. The molecule has 1 atom stereocenters. The number of carbonyl (C=O) groups is 2. The topological polar surface area (TPSA) is 105 Å². The minimum absolute atomic E-state index is 0.178. The van der Waals surface area contributed by atoms with Crippen LogP contribution in [-0.4, -0.2) is 37.3 Å². The van der Waals surface area contributed by atoms with Gasteiger partial charge in [-0.2, -0.15) is 0 Å². The van der Waals surface area contributed by atoms with Gasteiger partial charge in [0, 0.05) is 6.92 Å². The number of thiazole rings is 1. The van der Waals surface area contributed by atoms with Crippen LogP contribution in [0.5, 0.6) is 17.2 Å². The predicted octanol–water partition coefficient (Wildman–Crippen LogP) is 2.74. The molecule has 3 aromatic rings. The number of nitrogens with zero attached hydrogens (tertiary/aromatic N) is 2. The number of carbonyl (C=O) groups excluding carboxylic acids is 2. The molecular formula is C27H26N2O7S. The summed E-state index contributed by atoms with van der Waals surface area (Å²) in [7, 11) is 3.10. The Morgan fingerprint density at radius 1 is 1.08 bits per heavy atom. The Labute approximate surface area is 216 Å². The van der Waals surface area contributed by atoms with Crippen molar-refractivity contribution in [1.82, 2.24) is 4.57 Å². The average molecular weight is 523 g/mol. The summed E-state index contributed by atoms with van der Waals surface area (Å²) >= 11 is 1.22. The van der Waals surface area contributed by atoms with Gasteiger partial charge in [-0.3, -0.25) is 14.2 Å². The molecule has 0 N–H and O–H groups in total. The molecule has 0 unspecified atom stereocenters. The number of ether oxygens (including phenoxy) is 4. The van der Waals surface area contributed by atoms with Crippen molar-refractivity contribution >= 4 is 29.4 Å². The van der Waals surface area contributed by atoms with Crippen molar-refractivity contribution in [2.45, 2.75) is 26.8 Å². The van der Waals surface area contributed by atoms with Gasteiger partial charge in [0.1, 0.15) is 5.75 Å². The molecule has 1 aliphatic rings. The molecule has 0 bridgehead atoms. The largest absolute Gasteiger partial charge is 0.493 e. The first-order chi connectivity index (χ1) is 17.8. The van der Waals surface area contributed by atoms with E-state index in [0.29, 0.717) is 37.8 Å². The van der Waals surface area contributed by atoms with Gasteiger partial charge < -0.3 is 18.9 Å². The van der Waals surface area contributed by atoms with E-state index in [2.05, 4.69) is 4.99 Å². The van der Waals surface area contributed by atoms with Gasteiger partial charge in [0.15, 0.2) is 16.3 Å². The number of esters is 2. The van der Waals surface area contributed by atoms with E-state index in [9.17, 15) is 14.4 Å². The maximum absolute atomic E-state index is 13.7. The Morgan fingerprint density at radius 3 is 2.41 bits per heavy atom. The fraction of sp³-hybridized carbons (Fsp3) is 0.259. The normalized spacial score (nSPS) is 15.1. The smallest absolute Gasteiger partial charge is 0.338 e. The molecular weight excluding hydrogens is 496 g/mol. The van der Waals surface area contributed by atoms with E-state index in [1.165, 1.54) is 22.8 Å². The average Bonchev–Trinajstić information content (AvgIpc) is 3.17. The summed E-state index contributed by atoms with van der Waals surface area (Å²) in [6.07, 6.45) is 1.75. The number of fused-ring (bicyclic) bond motifs is 1. The van der Waals surface area contributed by atoms with E-state index in [1.807, 2.05) is 6.07 Å². The maximum Gasteiger partial charge on any atom is 0.338 e. The van der Waals surface area contributed by atoms with Crippen LogP contribution in [0.3, 0.4) is 0 Å². The van der Waals surface area contributed by atoms with Gasteiger partial charge in [-0.05, 0) is 55.3 Å². The summed E-state index contributed by atoms with van der Waals surface area (Å²) in [5.74, 6) is 0.476. The van der Waals surface area contributed by atoms with Gasteiger partial charge in [0.2, 0.25) is 0 Å². The molecule has 0 radical (unpaired) electrons. The number of aromatic nitrogens is 1. The van der Waals surface area contributed by atoms with Gasteiger partial charge in [0.25, 0.3) is 5.56 Å². The van der Waals surface area contributed by atoms with Crippen LogP contribution in [-0.2, 0) is 14.3 Å². The zero-order valence-corrected chi connectivity index (χ0v) is 21.9. The number of benzene rings is 2. The molecule has 0 saturated carbocycles. The zero-order chi connectivity index (χ0) is 26.7. The molecule has 0 saturated heterocycles. The van der Waals surface area contributed by atoms with Crippen LogP contribution < -0.4 is 29.1 Å². The molecule has 1 aromatic heterocycles. The molecule has 2 aromatic carbocycles. The van der Waals surface area contributed by atoms with Gasteiger partial charge in [-0.15, -0.1) is 0 Å². The SMILES string of the molecule is CCOC(=O)C1=C(C)N=c2s/c(=C/c3ccc(OC)c(OC)c3)c(=O)n2[C@H]1c1ccc(OC(C)=O)cc1. The Morgan fingerprint density at radius 2 is 1.78 bits per heavy atom. The van der Waals surface area contributed by atoms with Gasteiger partial charge in [-0.25, -0.2) is 9.79 Å². The Balaban J connectivity index is 1.89. The second kappa shape index (κ2) is 10.8. The molecule has 37 heavy (non-hydrogen) atoms. The fourth-order valence-electron chi connectivity index (χ4n) is 4.09. The van der Waals surface area contributed by atoms with Crippen molar-refractivity contribution in [3.8, 4) is 17.2 Å². The third-order valence-corrected chi connectivity index (χ3v) is 6.66. The van der Waals surface area contributed by atoms with Crippen LogP contribution in [0.25, 0.3) is 6.08 Å². The van der Waals surface area contributed by atoms with Crippen LogP contribution in [0.4, 0.5) is 0 Å².